The maximum atomic E-state index is 8.43. The first-order valence-corrected chi connectivity index (χ1v) is 10.2. The van der Waals surface area contributed by atoms with Gasteiger partial charge in [-0.3, -0.25) is 5.41 Å². The van der Waals surface area contributed by atoms with Crippen LogP contribution in [0.25, 0.3) is 0 Å². The summed E-state index contributed by atoms with van der Waals surface area (Å²) in [4.78, 5) is 1.99. The molecule has 3 rings (SSSR count). The molecule has 0 spiro atoms. The van der Waals surface area contributed by atoms with Crippen molar-refractivity contribution in [2.24, 2.45) is 0 Å². The van der Waals surface area contributed by atoms with Crippen LogP contribution in [0.4, 0.5) is 0 Å². The van der Waals surface area contributed by atoms with Gasteiger partial charge in [0.05, 0.1) is 0 Å². The monoisotopic (exact) mass is 362 g/mol. The van der Waals surface area contributed by atoms with Crippen molar-refractivity contribution in [2.75, 3.05) is 13.6 Å². The zero-order valence-electron chi connectivity index (χ0n) is 18.0. The molecule has 1 aliphatic carbocycles. The van der Waals surface area contributed by atoms with Gasteiger partial charge in [0.25, 0.3) is 0 Å². The molecule has 0 aliphatic heterocycles. The highest BCUT2D eigenvalue weighted by atomic mass is 15.1. The summed E-state index contributed by atoms with van der Waals surface area (Å²) in [6, 6.07) is 11.6. The molecule has 2 heteroatoms. The molecule has 1 atom stereocenters. The number of amidine groups is 1. The van der Waals surface area contributed by atoms with Gasteiger partial charge in [-0.25, -0.2) is 0 Å². The van der Waals surface area contributed by atoms with E-state index in [2.05, 4.69) is 71.9 Å². The van der Waals surface area contributed by atoms with Gasteiger partial charge in [-0.1, -0.05) is 45.0 Å². The van der Waals surface area contributed by atoms with Crippen molar-refractivity contribution in [1.82, 2.24) is 4.90 Å². The number of rotatable bonds is 4. The molecule has 144 valence electrons. The molecule has 2 nitrogen and oxygen atoms in total. The Morgan fingerprint density at radius 1 is 1.15 bits per heavy atom. The number of fused-ring (bicyclic) bond motifs is 1. The second-order valence-electron chi connectivity index (χ2n) is 9.04. The first-order chi connectivity index (χ1) is 12.6. The Labute approximate surface area is 165 Å². The fourth-order valence-corrected chi connectivity index (χ4v) is 4.64. The molecule has 1 unspecified atom stereocenters. The number of benzene rings is 2. The van der Waals surface area contributed by atoms with Crippen LogP contribution in [-0.4, -0.2) is 24.3 Å². The van der Waals surface area contributed by atoms with Gasteiger partial charge in [-0.15, -0.1) is 0 Å². The van der Waals surface area contributed by atoms with Gasteiger partial charge in [-0.2, -0.15) is 0 Å². The Kier molecular flexibility index (Phi) is 5.20. The molecule has 2 aromatic carbocycles. The van der Waals surface area contributed by atoms with Crippen LogP contribution in [0.3, 0.4) is 0 Å². The standard InChI is InChI=1S/C25H34N2/c1-8-27(7)24(26)22-12-16(2)20(11-17(22)3)13-19-9-10-23-21(14-19)18(4)15-25(23,5)6/h9-12,14,18,26H,8,13,15H2,1-7H3. The van der Waals surface area contributed by atoms with Gasteiger partial charge >= 0.3 is 0 Å². The Hall–Kier alpha value is -2.09. The summed E-state index contributed by atoms with van der Waals surface area (Å²) in [6.07, 6.45) is 2.20. The van der Waals surface area contributed by atoms with Gasteiger partial charge < -0.3 is 4.90 Å². The van der Waals surface area contributed by atoms with Crippen LogP contribution < -0.4 is 0 Å². The third kappa shape index (κ3) is 3.67. The van der Waals surface area contributed by atoms with E-state index in [0.29, 0.717) is 17.2 Å². The van der Waals surface area contributed by atoms with E-state index in [4.69, 9.17) is 5.41 Å². The maximum absolute atomic E-state index is 8.43. The topological polar surface area (TPSA) is 27.1 Å². The molecule has 0 heterocycles. The van der Waals surface area contributed by atoms with Gasteiger partial charge in [0.15, 0.2) is 0 Å². The van der Waals surface area contributed by atoms with E-state index < -0.39 is 0 Å². The van der Waals surface area contributed by atoms with E-state index in [9.17, 15) is 0 Å². The van der Waals surface area contributed by atoms with Crippen LogP contribution in [0.2, 0.25) is 0 Å². The molecular weight excluding hydrogens is 328 g/mol. The second kappa shape index (κ2) is 7.14. The van der Waals surface area contributed by atoms with Crippen molar-refractivity contribution in [3.05, 3.63) is 69.3 Å². The smallest absolute Gasteiger partial charge is 0.128 e. The average Bonchev–Trinajstić information content (AvgIpc) is 2.85. The summed E-state index contributed by atoms with van der Waals surface area (Å²) in [5, 5.41) is 8.43. The minimum absolute atomic E-state index is 0.299. The summed E-state index contributed by atoms with van der Waals surface area (Å²) < 4.78 is 0. The summed E-state index contributed by atoms with van der Waals surface area (Å²) in [5.41, 5.74) is 9.64. The Morgan fingerprint density at radius 2 is 1.85 bits per heavy atom. The molecule has 0 fully saturated rings. The summed E-state index contributed by atoms with van der Waals surface area (Å²) >= 11 is 0. The van der Waals surface area contributed by atoms with E-state index in [0.717, 1.165) is 18.5 Å². The Balaban J connectivity index is 1.90. The largest absolute Gasteiger partial charge is 0.360 e. The molecule has 0 saturated heterocycles. The second-order valence-corrected chi connectivity index (χ2v) is 9.04. The van der Waals surface area contributed by atoms with Crippen molar-refractivity contribution in [1.29, 1.82) is 5.41 Å². The molecule has 0 saturated carbocycles. The Morgan fingerprint density at radius 3 is 2.52 bits per heavy atom. The maximum Gasteiger partial charge on any atom is 0.128 e. The molecule has 27 heavy (non-hydrogen) atoms. The summed E-state index contributed by atoms with van der Waals surface area (Å²) in [7, 11) is 1.98. The number of aryl methyl sites for hydroxylation is 2. The van der Waals surface area contributed by atoms with Crippen LogP contribution in [-0.2, 0) is 11.8 Å². The van der Waals surface area contributed by atoms with Gasteiger partial charge in [0, 0.05) is 19.2 Å². The fourth-order valence-electron chi connectivity index (χ4n) is 4.64. The minimum Gasteiger partial charge on any atom is -0.360 e. The quantitative estimate of drug-likeness (QED) is 0.527. The lowest BCUT2D eigenvalue weighted by Crippen LogP contribution is -2.27. The van der Waals surface area contributed by atoms with Crippen molar-refractivity contribution in [3.63, 3.8) is 0 Å². The van der Waals surface area contributed by atoms with E-state index in [1.165, 1.54) is 39.8 Å². The average molecular weight is 363 g/mol. The fraction of sp³-hybridized carbons (Fsp3) is 0.480. The van der Waals surface area contributed by atoms with Crippen molar-refractivity contribution < 1.29 is 0 Å². The zero-order valence-corrected chi connectivity index (χ0v) is 18.0. The summed E-state index contributed by atoms with van der Waals surface area (Å²) in [6.45, 7) is 14.3. The Bertz CT molecular complexity index is 876. The lowest BCUT2D eigenvalue weighted by Gasteiger charge is -2.21. The SMILES string of the molecule is CCN(C)C(=N)c1cc(C)c(Cc2ccc3c(c2)C(C)CC3(C)C)cc1C. The van der Waals surface area contributed by atoms with E-state index in [-0.39, 0.29) is 0 Å². The lowest BCUT2D eigenvalue weighted by molar-refractivity contribution is 0.489. The van der Waals surface area contributed by atoms with Crippen LogP contribution in [0.5, 0.6) is 0 Å². The molecule has 1 N–H and O–H groups in total. The highest BCUT2D eigenvalue weighted by Crippen LogP contribution is 2.45. The van der Waals surface area contributed by atoms with Crippen molar-refractivity contribution >= 4 is 5.84 Å². The minimum atomic E-state index is 0.299. The zero-order chi connectivity index (χ0) is 19.9. The van der Waals surface area contributed by atoms with Gasteiger partial charge in [0.2, 0.25) is 0 Å². The molecular formula is C25H34N2. The summed E-state index contributed by atoms with van der Waals surface area (Å²) in [5.74, 6) is 1.25. The van der Waals surface area contributed by atoms with Crippen LogP contribution in [0.1, 0.15) is 79.0 Å². The van der Waals surface area contributed by atoms with E-state index in [1.54, 1.807) is 0 Å². The van der Waals surface area contributed by atoms with Crippen LogP contribution in [0, 0.1) is 19.3 Å². The third-order valence-corrected chi connectivity index (χ3v) is 6.38. The predicted molar refractivity (Wildman–Crippen MR) is 116 cm³/mol. The normalized spacial score (nSPS) is 17.7. The van der Waals surface area contributed by atoms with Crippen molar-refractivity contribution in [3.8, 4) is 0 Å². The highest BCUT2D eigenvalue weighted by Gasteiger charge is 2.34. The van der Waals surface area contributed by atoms with Crippen LogP contribution in [0.15, 0.2) is 30.3 Å². The number of nitrogens with zero attached hydrogens (tertiary/aromatic N) is 1. The molecule has 0 radical (unpaired) electrons. The molecule has 0 amide bonds. The molecule has 0 aromatic heterocycles. The number of hydrogen-bond acceptors (Lipinski definition) is 1. The molecule has 1 aliphatic rings. The van der Waals surface area contributed by atoms with Crippen molar-refractivity contribution in [2.45, 2.75) is 65.7 Å². The van der Waals surface area contributed by atoms with E-state index in [1.807, 2.05) is 11.9 Å². The first-order valence-electron chi connectivity index (χ1n) is 10.2. The predicted octanol–water partition coefficient (Wildman–Crippen LogP) is 5.96. The molecule has 0 bridgehead atoms. The van der Waals surface area contributed by atoms with E-state index >= 15 is 0 Å². The first kappa shape index (κ1) is 19.7. The van der Waals surface area contributed by atoms with Gasteiger partial charge in [0.1, 0.15) is 5.84 Å². The number of nitrogens with one attached hydrogen (secondary N) is 1. The molecule has 2 aromatic rings. The number of hydrogen-bond donors (Lipinski definition) is 1. The lowest BCUT2D eigenvalue weighted by atomic mass is 9.85. The third-order valence-electron chi connectivity index (χ3n) is 6.38. The van der Waals surface area contributed by atoms with Gasteiger partial charge in [-0.05, 0) is 84.4 Å². The highest BCUT2D eigenvalue weighted by molar-refractivity contribution is 5.97. The van der Waals surface area contributed by atoms with Crippen LogP contribution >= 0.6 is 0 Å².